The third-order valence-electron chi connectivity index (χ3n) is 6.40. The highest BCUT2D eigenvalue weighted by Crippen LogP contribution is 2.43. The lowest BCUT2D eigenvalue weighted by Crippen LogP contribution is -2.32. The van der Waals surface area contributed by atoms with Gasteiger partial charge in [0.25, 0.3) is 5.03 Å². The molecule has 4 aromatic carbocycles. The molecular weight excluding hydrogens is 469 g/mol. The summed E-state index contributed by atoms with van der Waals surface area (Å²) in [5, 5.41) is 6.00. The average molecular weight is 494 g/mol. The minimum absolute atomic E-state index is 0.259. The zero-order valence-corrected chi connectivity index (χ0v) is 21.0. The van der Waals surface area contributed by atoms with Gasteiger partial charge in [0.1, 0.15) is 11.6 Å². The lowest BCUT2D eigenvalue weighted by atomic mass is 9.96. The molecule has 178 valence electrons. The standard InChI is InChI=1S/C30H24FN3OS/c1-19-8-9-20(2)25(18-19)28-29(21-10-12-22(31)13-11-21)33-27-7-5-4-6-26(27)32-34(33)30(28)36-24-16-14-23(35-3)15-17-24/h4-18H,1-3H3. The maximum atomic E-state index is 14.0. The van der Waals surface area contributed by atoms with Crippen molar-refractivity contribution in [3.05, 3.63) is 108 Å². The first-order valence-electron chi connectivity index (χ1n) is 11.7. The second kappa shape index (κ2) is 8.88. The number of ether oxygens (including phenoxy) is 1. The quantitative estimate of drug-likeness (QED) is 0.245. The van der Waals surface area contributed by atoms with Crippen molar-refractivity contribution in [3.63, 3.8) is 0 Å². The second-order valence-corrected chi connectivity index (χ2v) is 9.88. The number of halogens is 1. The van der Waals surface area contributed by atoms with E-state index in [0.717, 1.165) is 49.1 Å². The molecule has 0 unspecified atom stereocenters. The third kappa shape index (κ3) is 3.74. The molecule has 0 aliphatic rings. The van der Waals surface area contributed by atoms with Gasteiger partial charge in [0.2, 0.25) is 0 Å². The number of hydrogen-bond acceptors (Lipinski definition) is 2. The van der Waals surface area contributed by atoms with Crippen LogP contribution in [0.5, 0.6) is 5.75 Å². The van der Waals surface area contributed by atoms with E-state index >= 15 is 0 Å². The Balaban J connectivity index is 1.73. The van der Waals surface area contributed by atoms with Crippen molar-refractivity contribution in [3.8, 4) is 28.1 Å². The van der Waals surface area contributed by atoms with Gasteiger partial charge in [-0.05, 0) is 78.7 Å². The van der Waals surface area contributed by atoms with Crippen LogP contribution >= 0.6 is 11.8 Å². The zero-order chi connectivity index (χ0) is 24.8. The van der Waals surface area contributed by atoms with Crippen LogP contribution in [-0.2, 0) is 0 Å². The van der Waals surface area contributed by atoms with Crippen molar-refractivity contribution in [2.45, 2.75) is 23.8 Å². The molecule has 0 bridgehead atoms. The van der Waals surface area contributed by atoms with E-state index in [0.29, 0.717) is 0 Å². The largest absolute Gasteiger partial charge is 0.497 e. The topological polar surface area (TPSA) is 31.8 Å². The molecule has 0 spiro atoms. The number of para-hydroxylation sites is 1. The Morgan fingerprint density at radius 3 is 2.39 bits per heavy atom. The Morgan fingerprint density at radius 2 is 1.64 bits per heavy atom. The van der Waals surface area contributed by atoms with Crippen molar-refractivity contribution in [2.75, 3.05) is 7.11 Å². The van der Waals surface area contributed by atoms with E-state index < -0.39 is 0 Å². The van der Waals surface area contributed by atoms with Crippen molar-refractivity contribution in [1.29, 1.82) is 0 Å². The summed E-state index contributed by atoms with van der Waals surface area (Å²) in [7, 11) is 1.67. The van der Waals surface area contributed by atoms with E-state index in [4.69, 9.17) is 9.84 Å². The van der Waals surface area contributed by atoms with E-state index in [1.54, 1.807) is 18.9 Å². The number of rotatable bonds is 5. The normalized spacial score (nSPS) is 11.4. The van der Waals surface area contributed by atoms with Crippen LogP contribution in [-0.4, -0.2) is 11.6 Å². The summed E-state index contributed by atoms with van der Waals surface area (Å²) in [6.07, 6.45) is 0. The summed E-state index contributed by atoms with van der Waals surface area (Å²) < 4.78 is 23.5. The first kappa shape index (κ1) is 22.4. The first-order chi connectivity index (χ1) is 17.5. The Morgan fingerprint density at radius 1 is 0.889 bits per heavy atom. The predicted molar refractivity (Wildman–Crippen MR) is 141 cm³/mol. The van der Waals surface area contributed by atoms with Crippen molar-refractivity contribution >= 4 is 22.8 Å². The van der Waals surface area contributed by atoms with Gasteiger partial charge in [0, 0.05) is 21.6 Å². The number of aromatic nitrogens is 3. The summed E-state index contributed by atoms with van der Waals surface area (Å²) in [6.45, 7) is 4.23. The molecule has 0 saturated heterocycles. The fourth-order valence-corrected chi connectivity index (χ4v) is 5.61. The van der Waals surface area contributed by atoms with Gasteiger partial charge in [0.15, 0.2) is 0 Å². The van der Waals surface area contributed by atoms with Gasteiger partial charge in [-0.3, -0.25) is 0 Å². The van der Waals surface area contributed by atoms with E-state index in [-0.39, 0.29) is 5.82 Å². The molecule has 0 amide bonds. The Labute approximate surface area is 212 Å². The van der Waals surface area contributed by atoms with Crippen molar-refractivity contribution in [2.24, 2.45) is 0 Å². The summed E-state index contributed by atoms with van der Waals surface area (Å²) >= 11 is 1.66. The van der Waals surface area contributed by atoms with E-state index in [9.17, 15) is 4.39 Å². The minimum atomic E-state index is -0.259. The summed E-state index contributed by atoms with van der Waals surface area (Å²) in [5.41, 5.74) is 8.33. The van der Waals surface area contributed by atoms with E-state index in [1.165, 1.54) is 23.3 Å². The van der Waals surface area contributed by atoms with Crippen LogP contribution in [0, 0.1) is 19.7 Å². The lowest BCUT2D eigenvalue weighted by molar-refractivity contribution is -0.708. The van der Waals surface area contributed by atoms with Gasteiger partial charge in [0.05, 0.1) is 12.7 Å². The first-order valence-corrected chi connectivity index (χ1v) is 12.5. The summed E-state index contributed by atoms with van der Waals surface area (Å²) in [5.74, 6) is 0.554. The predicted octanol–water partition coefficient (Wildman–Crippen LogP) is 6.88. The maximum absolute atomic E-state index is 14.0. The molecule has 2 aromatic heterocycles. The molecule has 0 radical (unpaired) electrons. The van der Waals surface area contributed by atoms with Gasteiger partial charge in [-0.25, -0.2) is 8.91 Å². The smallest absolute Gasteiger partial charge is 0.273 e. The van der Waals surface area contributed by atoms with Crippen LogP contribution in [0.15, 0.2) is 101 Å². The number of fused-ring (bicyclic) bond motifs is 3. The third-order valence-corrected chi connectivity index (χ3v) is 7.47. The maximum Gasteiger partial charge on any atom is 0.273 e. The molecule has 0 aliphatic heterocycles. The summed E-state index contributed by atoms with van der Waals surface area (Å²) in [6, 6.07) is 29.4. The van der Waals surface area contributed by atoms with Crippen LogP contribution in [0.2, 0.25) is 0 Å². The van der Waals surface area contributed by atoms with Gasteiger partial charge >= 0.3 is 0 Å². The Kier molecular flexibility index (Phi) is 5.53. The van der Waals surface area contributed by atoms with Crippen LogP contribution in [0.3, 0.4) is 0 Å². The fraction of sp³-hybridized carbons (Fsp3) is 0.100. The van der Waals surface area contributed by atoms with Crippen molar-refractivity contribution in [1.82, 2.24) is 9.61 Å². The number of hydrogen-bond donors (Lipinski definition) is 0. The molecule has 0 saturated carbocycles. The van der Waals surface area contributed by atoms with Crippen molar-refractivity contribution < 1.29 is 13.8 Å². The highest BCUT2D eigenvalue weighted by atomic mass is 32.2. The SMILES string of the molecule is COc1ccc(Sc2c(-c3cc(C)ccc3C)c(-c3ccc(F)cc3)n3c4ccccc4[n-][n+]23)cc1. The van der Waals surface area contributed by atoms with Gasteiger partial charge < -0.3 is 4.74 Å². The Bertz CT molecular complexity index is 1720. The molecule has 2 heterocycles. The monoisotopic (exact) mass is 493 g/mol. The fourth-order valence-electron chi connectivity index (χ4n) is 4.60. The highest BCUT2D eigenvalue weighted by Gasteiger charge is 2.28. The minimum Gasteiger partial charge on any atom is -0.497 e. The molecule has 6 rings (SSSR count). The van der Waals surface area contributed by atoms with E-state index in [1.807, 2.05) is 47.1 Å². The van der Waals surface area contributed by atoms with Crippen LogP contribution in [0.1, 0.15) is 11.1 Å². The number of methoxy groups -OCH3 is 1. The molecule has 6 heteroatoms. The molecule has 6 aromatic rings. The molecule has 0 fully saturated rings. The molecular formula is C30H24FN3OS. The van der Waals surface area contributed by atoms with E-state index in [2.05, 4.69) is 54.8 Å². The molecule has 0 atom stereocenters. The zero-order valence-electron chi connectivity index (χ0n) is 20.2. The molecule has 0 N–H and O–H groups in total. The number of nitrogens with zero attached hydrogens (tertiary/aromatic N) is 3. The second-order valence-electron chi connectivity index (χ2n) is 8.82. The number of benzene rings is 4. The number of aryl methyl sites for hydroxylation is 2. The Hall–Kier alpha value is -4.03. The molecule has 0 aliphatic carbocycles. The van der Waals surface area contributed by atoms with Gasteiger partial charge in [-0.1, -0.05) is 60.2 Å². The summed E-state index contributed by atoms with van der Waals surface area (Å²) in [4.78, 5) is 1.07. The van der Waals surface area contributed by atoms with Crippen LogP contribution < -0.4 is 14.5 Å². The van der Waals surface area contributed by atoms with Crippen LogP contribution in [0.25, 0.3) is 33.4 Å². The molecule has 36 heavy (non-hydrogen) atoms. The highest BCUT2D eigenvalue weighted by molar-refractivity contribution is 7.99. The lowest BCUT2D eigenvalue weighted by Gasteiger charge is -2.11. The average Bonchev–Trinajstić information content (AvgIpc) is 3.41. The van der Waals surface area contributed by atoms with Gasteiger partial charge in [-0.2, -0.15) is 5.10 Å². The molecule has 4 nitrogen and oxygen atoms in total. The van der Waals surface area contributed by atoms with Gasteiger partial charge in [-0.15, -0.1) is 4.63 Å². The van der Waals surface area contributed by atoms with Crippen LogP contribution in [0.4, 0.5) is 4.39 Å².